The summed E-state index contributed by atoms with van der Waals surface area (Å²) in [5.74, 6) is -1.71. The summed E-state index contributed by atoms with van der Waals surface area (Å²) in [6.07, 6.45) is 19.8. The molecule has 1 N–H and O–H groups in total. The van der Waals surface area contributed by atoms with Crippen LogP contribution >= 0.6 is 0 Å². The number of carbonyl (C=O) groups excluding carboxylic acids is 1. The van der Waals surface area contributed by atoms with Crippen LogP contribution in [0, 0.1) is 0 Å². The van der Waals surface area contributed by atoms with E-state index in [1.807, 2.05) is 0 Å². The summed E-state index contributed by atoms with van der Waals surface area (Å²) in [6, 6.07) is 0. The van der Waals surface area contributed by atoms with Gasteiger partial charge >= 0.3 is 49.7 Å². The number of rotatable bonds is 17. The van der Waals surface area contributed by atoms with E-state index in [0.29, 0.717) is 6.61 Å². The number of carboxylic acid groups (broad SMARTS) is 1. The quantitative estimate of drug-likeness (QED) is 0.171. The van der Waals surface area contributed by atoms with Crippen molar-refractivity contribution in [2.45, 2.75) is 96.8 Å². The second-order valence-corrected chi connectivity index (χ2v) is 6.44. The molecule has 0 aromatic heterocycles. The molecule has 0 bridgehead atoms. The van der Waals surface area contributed by atoms with Crippen LogP contribution in [-0.2, 0) is 14.3 Å². The molecule has 0 saturated heterocycles. The fraction of sp³-hybridized carbons (Fsp3) is 0.800. The van der Waals surface area contributed by atoms with Crippen LogP contribution in [0.25, 0.3) is 0 Å². The van der Waals surface area contributed by atoms with Crippen LogP contribution in [0.5, 0.6) is 0 Å². The number of aliphatic carboxylic acids is 1. The Balaban J connectivity index is 0. The summed E-state index contributed by atoms with van der Waals surface area (Å²) in [4.78, 5) is 21.3. The van der Waals surface area contributed by atoms with Crippen LogP contribution in [0.1, 0.15) is 96.8 Å². The predicted molar refractivity (Wildman–Crippen MR) is 107 cm³/mol. The molecular weight excluding hydrogens is 344 g/mol. The Kier molecular flexibility index (Phi) is 23.9. The van der Waals surface area contributed by atoms with Crippen molar-refractivity contribution >= 4 is 49.7 Å². The number of unbranched alkanes of at least 4 members (excludes halogenated alkanes) is 13. The van der Waals surface area contributed by atoms with Gasteiger partial charge in [-0.25, -0.2) is 9.59 Å². The van der Waals surface area contributed by atoms with E-state index in [1.165, 1.54) is 77.0 Å². The molecule has 0 aliphatic carbocycles. The average Bonchev–Trinajstić information content (AvgIpc) is 2.56. The molecule has 0 fully saturated rings. The molecular formula is C20H38CaO4. The van der Waals surface area contributed by atoms with Crippen LogP contribution in [0.2, 0.25) is 0 Å². The van der Waals surface area contributed by atoms with Crippen molar-refractivity contribution in [3.8, 4) is 0 Å². The molecule has 0 spiro atoms. The zero-order chi connectivity index (χ0) is 17.9. The molecule has 0 aromatic carbocycles. The van der Waals surface area contributed by atoms with Crippen molar-refractivity contribution < 1.29 is 19.4 Å². The second kappa shape index (κ2) is 22.0. The van der Waals surface area contributed by atoms with Crippen molar-refractivity contribution in [1.82, 2.24) is 0 Å². The Morgan fingerprint density at radius 2 is 1.12 bits per heavy atom. The van der Waals surface area contributed by atoms with E-state index < -0.39 is 11.9 Å². The van der Waals surface area contributed by atoms with E-state index in [0.717, 1.165) is 25.0 Å². The van der Waals surface area contributed by atoms with Gasteiger partial charge in [0.2, 0.25) is 0 Å². The summed E-state index contributed by atoms with van der Waals surface area (Å²) >= 11 is 0. The number of ether oxygens (including phenoxy) is 1. The van der Waals surface area contributed by atoms with Gasteiger partial charge in [-0.1, -0.05) is 90.4 Å². The topological polar surface area (TPSA) is 63.6 Å². The maximum atomic E-state index is 11.1. The van der Waals surface area contributed by atoms with Gasteiger partial charge in [-0.3, -0.25) is 0 Å². The Hall–Kier alpha value is -0.0603. The zero-order valence-electron chi connectivity index (χ0n) is 15.4. The van der Waals surface area contributed by atoms with Gasteiger partial charge in [0.15, 0.2) is 0 Å². The van der Waals surface area contributed by atoms with Gasteiger partial charge in [0.1, 0.15) is 0 Å². The Morgan fingerprint density at radius 3 is 1.52 bits per heavy atom. The van der Waals surface area contributed by atoms with E-state index in [4.69, 9.17) is 9.84 Å². The third-order valence-corrected chi connectivity index (χ3v) is 4.10. The summed E-state index contributed by atoms with van der Waals surface area (Å²) < 4.78 is 4.91. The fourth-order valence-corrected chi connectivity index (χ4v) is 2.66. The Morgan fingerprint density at radius 1 is 0.720 bits per heavy atom. The molecule has 25 heavy (non-hydrogen) atoms. The van der Waals surface area contributed by atoms with E-state index >= 15 is 0 Å². The van der Waals surface area contributed by atoms with Crippen LogP contribution in [0.4, 0.5) is 0 Å². The number of hydrogen-bond acceptors (Lipinski definition) is 3. The van der Waals surface area contributed by atoms with Gasteiger partial charge in [-0.05, 0) is 6.42 Å². The molecule has 5 heteroatoms. The van der Waals surface area contributed by atoms with Crippen molar-refractivity contribution in [2.75, 3.05) is 6.61 Å². The molecule has 0 aromatic rings. The van der Waals surface area contributed by atoms with Gasteiger partial charge in [-0.15, -0.1) is 0 Å². The first-order chi connectivity index (χ1) is 11.7. The van der Waals surface area contributed by atoms with Gasteiger partial charge in [0.05, 0.1) is 6.61 Å². The number of carbonyl (C=O) groups is 2. The molecule has 0 saturated carbocycles. The first kappa shape index (κ1) is 27.2. The van der Waals surface area contributed by atoms with Gasteiger partial charge in [0, 0.05) is 12.2 Å². The Labute approximate surface area is 183 Å². The second-order valence-electron chi connectivity index (χ2n) is 6.44. The summed E-state index contributed by atoms with van der Waals surface area (Å²) in [5, 5.41) is 8.37. The van der Waals surface area contributed by atoms with Crippen LogP contribution < -0.4 is 0 Å². The van der Waals surface area contributed by atoms with Gasteiger partial charge < -0.3 is 9.84 Å². The number of carboxylic acids is 1. The van der Waals surface area contributed by atoms with E-state index in [-0.39, 0.29) is 37.7 Å². The summed E-state index contributed by atoms with van der Waals surface area (Å²) in [7, 11) is 0. The first-order valence-electron chi connectivity index (χ1n) is 9.74. The zero-order valence-corrected chi connectivity index (χ0v) is 15.4. The monoisotopic (exact) mass is 382 g/mol. The molecule has 0 aliphatic rings. The normalized spacial score (nSPS) is 10.6. The minimum absolute atomic E-state index is 0. The van der Waals surface area contributed by atoms with Crippen molar-refractivity contribution in [3.05, 3.63) is 12.2 Å². The van der Waals surface area contributed by atoms with Crippen LogP contribution in [0.15, 0.2) is 12.2 Å². The molecule has 0 aliphatic heterocycles. The Bertz CT molecular complexity index is 343. The average molecular weight is 383 g/mol. The third kappa shape index (κ3) is 23.9. The standard InChI is InChI=1S/C20H36O4.Ca.2H/c1-2-3-4-5-6-7-8-9-10-11-12-13-14-15-18-24-20(23)17-16-19(21)22;;;/h16-17H,2-15,18H2,1H3,(H,21,22);;;. The molecule has 0 radical (unpaired) electrons. The molecule has 0 unspecified atom stereocenters. The molecule has 144 valence electrons. The van der Waals surface area contributed by atoms with Gasteiger partial charge in [0.25, 0.3) is 0 Å². The molecule has 0 amide bonds. The molecule has 0 heterocycles. The van der Waals surface area contributed by atoms with E-state index in [1.54, 1.807) is 0 Å². The van der Waals surface area contributed by atoms with E-state index in [2.05, 4.69) is 6.92 Å². The third-order valence-electron chi connectivity index (χ3n) is 4.10. The fourth-order valence-electron chi connectivity index (χ4n) is 2.66. The van der Waals surface area contributed by atoms with Crippen LogP contribution in [0.3, 0.4) is 0 Å². The van der Waals surface area contributed by atoms with E-state index in [9.17, 15) is 9.59 Å². The first-order valence-corrected chi connectivity index (χ1v) is 9.74. The van der Waals surface area contributed by atoms with Crippen molar-refractivity contribution in [3.63, 3.8) is 0 Å². The van der Waals surface area contributed by atoms with Crippen molar-refractivity contribution in [1.29, 1.82) is 0 Å². The van der Waals surface area contributed by atoms with Crippen LogP contribution in [-0.4, -0.2) is 61.4 Å². The molecule has 0 rings (SSSR count). The number of hydrogen-bond donors (Lipinski definition) is 1. The molecule has 0 atom stereocenters. The summed E-state index contributed by atoms with van der Waals surface area (Å²) in [6.45, 7) is 2.63. The predicted octanol–water partition coefficient (Wildman–Crippen LogP) is 4.74. The van der Waals surface area contributed by atoms with Crippen molar-refractivity contribution in [2.24, 2.45) is 0 Å². The maximum absolute atomic E-state index is 11.1. The minimum atomic E-state index is -1.14. The SMILES string of the molecule is CCCCCCCCCCCCCCCCOC(=O)C=CC(=O)O.[CaH2]. The van der Waals surface area contributed by atoms with Gasteiger partial charge in [-0.2, -0.15) is 0 Å². The number of esters is 1. The summed E-state index contributed by atoms with van der Waals surface area (Å²) in [5.41, 5.74) is 0. The molecule has 4 nitrogen and oxygen atoms in total.